The minimum absolute atomic E-state index is 0.503. The van der Waals surface area contributed by atoms with Crippen LogP contribution in [0.5, 0.6) is 5.75 Å². The highest BCUT2D eigenvalue weighted by atomic mass is 35.5. The van der Waals surface area contributed by atoms with E-state index in [4.69, 9.17) is 16.3 Å². The van der Waals surface area contributed by atoms with Gasteiger partial charge in [-0.05, 0) is 18.6 Å². The Balaban J connectivity index is 2.64. The second-order valence-corrected chi connectivity index (χ2v) is 3.90. The average molecular weight is 249 g/mol. The number of hydrogen-bond acceptors (Lipinski definition) is 3. The lowest BCUT2D eigenvalue weighted by Crippen LogP contribution is -1.97. The molecule has 0 aliphatic rings. The van der Waals surface area contributed by atoms with Gasteiger partial charge in [0, 0.05) is 11.1 Å². The smallest absolute Gasteiger partial charge is 0.136 e. The van der Waals surface area contributed by atoms with Gasteiger partial charge >= 0.3 is 0 Å². The van der Waals surface area contributed by atoms with Crippen LogP contribution in [-0.4, -0.2) is 17.1 Å². The second-order valence-electron chi connectivity index (χ2n) is 3.55. The molecular weight excluding hydrogens is 236 g/mol. The van der Waals surface area contributed by atoms with Crippen molar-refractivity contribution < 1.29 is 4.74 Å². The number of benzene rings is 1. The summed E-state index contributed by atoms with van der Waals surface area (Å²) in [4.78, 5) is 8.32. The molecule has 17 heavy (non-hydrogen) atoms. The highest BCUT2D eigenvalue weighted by Crippen LogP contribution is 2.32. The first-order valence-electron chi connectivity index (χ1n) is 5.40. The molecule has 1 aromatic heterocycles. The highest BCUT2D eigenvalue weighted by Gasteiger charge is 2.13. The van der Waals surface area contributed by atoms with Crippen LogP contribution < -0.4 is 4.74 Å². The Labute approximate surface area is 105 Å². The van der Waals surface area contributed by atoms with Crippen LogP contribution in [0.4, 0.5) is 0 Å². The molecule has 88 valence electrons. The zero-order chi connectivity index (χ0) is 12.3. The number of hydrogen-bond donors (Lipinski definition) is 0. The standard InChI is InChI=1S/C13H13ClN2O/c1-3-9-12(15-8-16-13(9)14)10-6-4-5-7-11(10)17-2/h4-8H,3H2,1-2H3. The van der Waals surface area contributed by atoms with E-state index in [-0.39, 0.29) is 0 Å². The van der Waals surface area contributed by atoms with E-state index in [2.05, 4.69) is 9.97 Å². The molecule has 3 nitrogen and oxygen atoms in total. The van der Waals surface area contributed by atoms with Crippen molar-refractivity contribution in [2.75, 3.05) is 7.11 Å². The Morgan fingerprint density at radius 1 is 1.24 bits per heavy atom. The van der Waals surface area contributed by atoms with E-state index in [1.54, 1.807) is 7.11 Å². The van der Waals surface area contributed by atoms with Crippen LogP contribution >= 0.6 is 11.6 Å². The van der Waals surface area contributed by atoms with Crippen molar-refractivity contribution in [3.63, 3.8) is 0 Å². The van der Waals surface area contributed by atoms with Crippen LogP contribution in [0.25, 0.3) is 11.3 Å². The molecule has 0 atom stereocenters. The monoisotopic (exact) mass is 248 g/mol. The summed E-state index contributed by atoms with van der Waals surface area (Å²) in [6.45, 7) is 2.03. The molecule has 2 aromatic rings. The van der Waals surface area contributed by atoms with Gasteiger partial charge in [0.25, 0.3) is 0 Å². The number of para-hydroxylation sites is 1. The SMILES string of the molecule is CCc1c(Cl)ncnc1-c1ccccc1OC. The van der Waals surface area contributed by atoms with Crippen LogP contribution in [-0.2, 0) is 6.42 Å². The van der Waals surface area contributed by atoms with Crippen molar-refractivity contribution in [3.8, 4) is 17.0 Å². The molecule has 1 aromatic carbocycles. The Morgan fingerprint density at radius 2 is 2.00 bits per heavy atom. The van der Waals surface area contributed by atoms with Crippen molar-refractivity contribution in [3.05, 3.63) is 41.3 Å². The second kappa shape index (κ2) is 5.15. The summed E-state index contributed by atoms with van der Waals surface area (Å²) in [5.41, 5.74) is 2.72. The van der Waals surface area contributed by atoms with Crippen molar-refractivity contribution >= 4 is 11.6 Å². The van der Waals surface area contributed by atoms with Gasteiger partial charge in [-0.3, -0.25) is 0 Å². The van der Waals surface area contributed by atoms with E-state index in [9.17, 15) is 0 Å². The molecule has 0 N–H and O–H groups in total. The van der Waals surface area contributed by atoms with Crippen molar-refractivity contribution in [2.24, 2.45) is 0 Å². The first kappa shape index (κ1) is 11.9. The summed E-state index contributed by atoms with van der Waals surface area (Å²) in [5, 5.41) is 0.503. The summed E-state index contributed by atoms with van der Waals surface area (Å²) in [6, 6.07) is 7.76. The first-order chi connectivity index (χ1) is 8.27. The molecule has 1 heterocycles. The molecular formula is C13H13ClN2O. The molecule has 0 aliphatic carbocycles. The Bertz CT molecular complexity index is 529. The molecule has 0 bridgehead atoms. The summed E-state index contributed by atoms with van der Waals surface area (Å²) in [7, 11) is 1.65. The van der Waals surface area contributed by atoms with Crippen molar-refractivity contribution in [2.45, 2.75) is 13.3 Å². The van der Waals surface area contributed by atoms with Gasteiger partial charge < -0.3 is 4.74 Å². The van der Waals surface area contributed by atoms with E-state index in [0.717, 1.165) is 29.0 Å². The summed E-state index contributed by atoms with van der Waals surface area (Å²) >= 11 is 6.08. The third-order valence-corrected chi connectivity index (χ3v) is 2.93. The molecule has 0 radical (unpaired) electrons. The lowest BCUT2D eigenvalue weighted by molar-refractivity contribution is 0.416. The maximum absolute atomic E-state index is 6.08. The van der Waals surface area contributed by atoms with E-state index in [1.807, 2.05) is 31.2 Å². The van der Waals surface area contributed by atoms with Crippen molar-refractivity contribution in [1.29, 1.82) is 0 Å². The average Bonchev–Trinajstić information content (AvgIpc) is 2.38. The lowest BCUT2D eigenvalue weighted by Gasteiger charge is -2.11. The largest absolute Gasteiger partial charge is 0.496 e. The molecule has 2 rings (SSSR count). The molecule has 0 saturated carbocycles. The number of aromatic nitrogens is 2. The minimum Gasteiger partial charge on any atom is -0.496 e. The first-order valence-corrected chi connectivity index (χ1v) is 5.78. The topological polar surface area (TPSA) is 35.0 Å². The van der Waals surface area contributed by atoms with Gasteiger partial charge in [0.1, 0.15) is 17.2 Å². The zero-order valence-corrected chi connectivity index (χ0v) is 10.5. The molecule has 0 amide bonds. The van der Waals surface area contributed by atoms with E-state index in [1.165, 1.54) is 6.33 Å². The molecule has 0 saturated heterocycles. The predicted molar refractivity (Wildman–Crippen MR) is 68.4 cm³/mol. The molecule has 0 aliphatic heterocycles. The van der Waals surface area contributed by atoms with Crippen LogP contribution in [0, 0.1) is 0 Å². The molecule has 4 heteroatoms. The Kier molecular flexibility index (Phi) is 3.59. The van der Waals surface area contributed by atoms with Gasteiger partial charge in [-0.15, -0.1) is 0 Å². The third-order valence-electron chi connectivity index (χ3n) is 2.61. The van der Waals surface area contributed by atoms with Crippen LogP contribution in [0.1, 0.15) is 12.5 Å². The molecule has 0 unspecified atom stereocenters. The van der Waals surface area contributed by atoms with E-state index in [0.29, 0.717) is 5.15 Å². The maximum atomic E-state index is 6.08. The molecule has 0 spiro atoms. The van der Waals surface area contributed by atoms with Gasteiger partial charge in [0.2, 0.25) is 0 Å². The fraction of sp³-hybridized carbons (Fsp3) is 0.231. The zero-order valence-electron chi connectivity index (χ0n) is 9.77. The Morgan fingerprint density at radius 3 is 2.71 bits per heavy atom. The number of halogens is 1. The van der Waals surface area contributed by atoms with Gasteiger partial charge in [-0.25, -0.2) is 9.97 Å². The quantitative estimate of drug-likeness (QED) is 0.782. The number of rotatable bonds is 3. The maximum Gasteiger partial charge on any atom is 0.136 e. The highest BCUT2D eigenvalue weighted by molar-refractivity contribution is 6.30. The number of methoxy groups -OCH3 is 1. The van der Waals surface area contributed by atoms with Gasteiger partial charge in [-0.1, -0.05) is 30.7 Å². The summed E-state index contributed by atoms with van der Waals surface area (Å²) in [6.07, 6.45) is 2.26. The lowest BCUT2D eigenvalue weighted by atomic mass is 10.0. The van der Waals surface area contributed by atoms with Gasteiger partial charge in [-0.2, -0.15) is 0 Å². The number of ether oxygens (including phenoxy) is 1. The van der Waals surface area contributed by atoms with E-state index >= 15 is 0 Å². The summed E-state index contributed by atoms with van der Waals surface area (Å²) in [5.74, 6) is 0.789. The third kappa shape index (κ3) is 2.24. The fourth-order valence-corrected chi connectivity index (χ4v) is 2.04. The predicted octanol–water partition coefficient (Wildman–Crippen LogP) is 3.37. The minimum atomic E-state index is 0.503. The fourth-order valence-electron chi connectivity index (χ4n) is 1.78. The van der Waals surface area contributed by atoms with E-state index < -0.39 is 0 Å². The van der Waals surface area contributed by atoms with Crippen LogP contribution in [0.3, 0.4) is 0 Å². The normalized spacial score (nSPS) is 10.3. The Hall–Kier alpha value is -1.61. The summed E-state index contributed by atoms with van der Waals surface area (Å²) < 4.78 is 5.34. The number of nitrogens with zero attached hydrogens (tertiary/aromatic N) is 2. The van der Waals surface area contributed by atoms with Crippen LogP contribution in [0.15, 0.2) is 30.6 Å². The van der Waals surface area contributed by atoms with Crippen molar-refractivity contribution in [1.82, 2.24) is 9.97 Å². The van der Waals surface area contributed by atoms with Crippen LogP contribution in [0.2, 0.25) is 5.15 Å². The van der Waals surface area contributed by atoms with Gasteiger partial charge in [0.15, 0.2) is 0 Å². The molecule has 0 fully saturated rings. The van der Waals surface area contributed by atoms with Gasteiger partial charge in [0.05, 0.1) is 12.8 Å².